The lowest BCUT2D eigenvalue weighted by atomic mass is 10.00. The van der Waals surface area contributed by atoms with Crippen molar-refractivity contribution >= 4 is 32.8 Å². The summed E-state index contributed by atoms with van der Waals surface area (Å²) in [6.07, 6.45) is 3.80. The molecule has 5 rings (SSSR count). The first-order chi connectivity index (χ1) is 12.2. The minimum atomic E-state index is -0.552. The van der Waals surface area contributed by atoms with Gasteiger partial charge in [0.2, 0.25) is 4.90 Å². The van der Waals surface area contributed by atoms with E-state index in [1.165, 1.54) is 0 Å². The molecule has 3 aromatic rings. The summed E-state index contributed by atoms with van der Waals surface area (Å²) < 4.78 is 7.29. The predicted octanol–water partition coefficient (Wildman–Crippen LogP) is 1.90. The van der Waals surface area contributed by atoms with E-state index in [-0.39, 0.29) is 32.3 Å². The van der Waals surface area contributed by atoms with E-state index in [0.29, 0.717) is 11.9 Å². The summed E-state index contributed by atoms with van der Waals surface area (Å²) in [5, 5.41) is 13.9. The number of aromatic nitrogens is 1. The Bertz CT molecular complexity index is 1140. The van der Waals surface area contributed by atoms with Gasteiger partial charge in [-0.05, 0) is 43.1 Å². The van der Waals surface area contributed by atoms with Crippen molar-refractivity contribution in [1.82, 2.24) is 4.57 Å². The van der Waals surface area contributed by atoms with Gasteiger partial charge in [0.1, 0.15) is 11.5 Å². The molecule has 1 saturated heterocycles. The van der Waals surface area contributed by atoms with Crippen LogP contribution in [-0.4, -0.2) is 16.1 Å². The van der Waals surface area contributed by atoms with Crippen molar-refractivity contribution in [2.75, 3.05) is 11.5 Å². The van der Waals surface area contributed by atoms with Gasteiger partial charge < -0.3 is 14.1 Å². The average molecular weight is 355 g/mol. The van der Waals surface area contributed by atoms with E-state index in [2.05, 4.69) is 0 Å². The molecule has 6 heteroatoms. The largest absolute Gasteiger partial charge is 0.868 e. The number of benzene rings is 1. The lowest BCUT2D eigenvalue weighted by Crippen LogP contribution is -2.28. The minimum Gasteiger partial charge on any atom is -0.868 e. The van der Waals surface area contributed by atoms with Crippen LogP contribution in [0.1, 0.15) is 24.8 Å². The van der Waals surface area contributed by atoms with E-state index in [0.717, 1.165) is 48.3 Å². The lowest BCUT2D eigenvalue weighted by Gasteiger charge is -2.22. The Labute approximate surface area is 146 Å². The van der Waals surface area contributed by atoms with Crippen molar-refractivity contribution in [1.29, 1.82) is 0 Å². The highest BCUT2D eigenvalue weighted by Crippen LogP contribution is 2.34. The van der Waals surface area contributed by atoms with Crippen LogP contribution in [0.15, 0.2) is 37.1 Å². The minimum absolute atomic E-state index is 0.0561. The highest BCUT2D eigenvalue weighted by molar-refractivity contribution is 7.97. The Hall–Kier alpha value is -2.21. The van der Waals surface area contributed by atoms with Crippen LogP contribution in [0, 0.1) is 0 Å². The van der Waals surface area contributed by atoms with Crippen molar-refractivity contribution in [2.45, 2.75) is 37.1 Å². The van der Waals surface area contributed by atoms with E-state index >= 15 is 0 Å². The Morgan fingerprint density at radius 1 is 1.12 bits per heavy atom. The van der Waals surface area contributed by atoms with Gasteiger partial charge in [0.15, 0.2) is 5.58 Å². The van der Waals surface area contributed by atoms with Gasteiger partial charge in [-0.15, -0.1) is 0 Å². The molecule has 0 amide bonds. The van der Waals surface area contributed by atoms with Crippen molar-refractivity contribution in [3.05, 3.63) is 44.5 Å². The Morgan fingerprint density at radius 3 is 2.72 bits per heavy atom. The van der Waals surface area contributed by atoms with Gasteiger partial charge in [0, 0.05) is 22.8 Å². The molecule has 1 aromatic carbocycles. The first-order valence-electron chi connectivity index (χ1n) is 8.66. The molecule has 0 saturated carbocycles. The molecule has 2 aliphatic heterocycles. The lowest BCUT2D eigenvalue weighted by molar-refractivity contribution is -0.270. The Morgan fingerprint density at radius 2 is 1.92 bits per heavy atom. The number of rotatable bonds is 1. The van der Waals surface area contributed by atoms with Crippen LogP contribution in [0.4, 0.5) is 0 Å². The predicted molar refractivity (Wildman–Crippen MR) is 96.6 cm³/mol. The van der Waals surface area contributed by atoms with Gasteiger partial charge >= 0.3 is 5.63 Å². The fourth-order valence-corrected chi connectivity index (χ4v) is 6.52. The van der Waals surface area contributed by atoms with Gasteiger partial charge in [-0.1, -0.05) is 12.1 Å². The molecular formula is C19H17NO4S. The molecule has 5 nitrogen and oxygen atoms in total. The molecule has 4 heterocycles. The van der Waals surface area contributed by atoms with Gasteiger partial charge in [-0.2, -0.15) is 0 Å². The van der Waals surface area contributed by atoms with Crippen LogP contribution in [0.2, 0.25) is 0 Å². The van der Waals surface area contributed by atoms with Crippen LogP contribution in [0.25, 0.3) is 21.9 Å². The summed E-state index contributed by atoms with van der Waals surface area (Å²) in [5.74, 6) is 1.29. The van der Waals surface area contributed by atoms with Crippen LogP contribution >= 0.6 is 0 Å². The number of hydrogen-bond acceptors (Lipinski definition) is 4. The molecule has 0 N–H and O–H groups in total. The van der Waals surface area contributed by atoms with E-state index in [1.807, 2.05) is 18.2 Å². The zero-order chi connectivity index (χ0) is 17.1. The van der Waals surface area contributed by atoms with Crippen LogP contribution in [0.3, 0.4) is 0 Å². The molecule has 2 aliphatic rings. The highest BCUT2D eigenvalue weighted by Gasteiger charge is 2.33. The SMILES string of the molecule is O=c1oc2c(c([O-])c1[S+]1CCCC1)c(=O)n1c3c(cccc23)CCC1. The van der Waals surface area contributed by atoms with E-state index in [9.17, 15) is 14.7 Å². The van der Waals surface area contributed by atoms with Crippen molar-refractivity contribution in [3.63, 3.8) is 0 Å². The molecule has 0 spiro atoms. The standard InChI is InChI=1S/C19H17NO4S/c21-15-13-16(24-19(23)17(15)25-9-1-2-10-25)12-7-3-5-11-6-4-8-20(14(11)12)18(13)22/h3,5,7H,1-2,4,6,8-10H2. The second-order valence-corrected chi connectivity index (χ2v) is 8.94. The first-order valence-corrected chi connectivity index (χ1v) is 10.2. The quantitative estimate of drug-likeness (QED) is 0.493. The zero-order valence-electron chi connectivity index (χ0n) is 13.7. The zero-order valence-corrected chi connectivity index (χ0v) is 14.5. The number of fused-ring (bicyclic) bond motifs is 2. The summed E-state index contributed by atoms with van der Waals surface area (Å²) in [7, 11) is -0.378. The second kappa shape index (κ2) is 5.39. The number of hydrogen-bond donors (Lipinski definition) is 0. The third-order valence-corrected chi connectivity index (χ3v) is 7.77. The van der Waals surface area contributed by atoms with E-state index in [1.54, 1.807) is 4.57 Å². The van der Waals surface area contributed by atoms with Crippen LogP contribution < -0.4 is 16.3 Å². The molecular weight excluding hydrogens is 338 g/mol. The monoisotopic (exact) mass is 355 g/mol. The molecule has 1 fully saturated rings. The van der Waals surface area contributed by atoms with Crippen LogP contribution in [0.5, 0.6) is 5.75 Å². The molecule has 0 aliphatic carbocycles. The molecule has 0 unspecified atom stereocenters. The van der Waals surface area contributed by atoms with Gasteiger partial charge in [0.25, 0.3) is 5.56 Å². The fraction of sp³-hybridized carbons (Fsp3) is 0.368. The number of para-hydroxylation sites is 1. The molecule has 0 atom stereocenters. The van der Waals surface area contributed by atoms with E-state index in [4.69, 9.17) is 4.42 Å². The van der Waals surface area contributed by atoms with Crippen molar-refractivity contribution < 1.29 is 9.52 Å². The Kier molecular flexibility index (Phi) is 3.25. The van der Waals surface area contributed by atoms with Gasteiger partial charge in [-0.25, -0.2) is 4.79 Å². The molecule has 0 bridgehead atoms. The summed E-state index contributed by atoms with van der Waals surface area (Å²) >= 11 is 0. The van der Waals surface area contributed by atoms with Crippen LogP contribution in [-0.2, 0) is 23.9 Å². The summed E-state index contributed by atoms with van der Waals surface area (Å²) in [6, 6.07) is 5.73. The van der Waals surface area contributed by atoms with Crippen molar-refractivity contribution in [2.24, 2.45) is 0 Å². The molecule has 128 valence electrons. The summed E-state index contributed by atoms with van der Waals surface area (Å²) in [6.45, 7) is 0.599. The van der Waals surface area contributed by atoms with E-state index < -0.39 is 11.4 Å². The Balaban J connectivity index is 1.97. The summed E-state index contributed by atoms with van der Waals surface area (Å²) in [5.41, 5.74) is 1.18. The van der Waals surface area contributed by atoms with Gasteiger partial charge in [0.05, 0.1) is 10.9 Å². The third-order valence-electron chi connectivity index (χ3n) is 5.28. The van der Waals surface area contributed by atoms with Crippen molar-refractivity contribution in [3.8, 4) is 5.75 Å². The molecule has 25 heavy (non-hydrogen) atoms. The molecule has 2 aromatic heterocycles. The highest BCUT2D eigenvalue weighted by atomic mass is 32.2. The smallest absolute Gasteiger partial charge is 0.391 e. The normalized spacial score (nSPS) is 17.6. The maximum absolute atomic E-state index is 13.1. The first kappa shape index (κ1) is 15.1. The maximum atomic E-state index is 13.1. The second-order valence-electron chi connectivity index (χ2n) is 6.73. The number of pyridine rings is 1. The molecule has 0 radical (unpaired) electrons. The topological polar surface area (TPSA) is 75.3 Å². The fourth-order valence-electron chi connectivity index (χ4n) is 4.16. The number of nitrogens with zero attached hydrogens (tertiary/aromatic N) is 1. The maximum Gasteiger partial charge on any atom is 0.391 e. The number of aryl methyl sites for hydroxylation is 2. The van der Waals surface area contributed by atoms with Gasteiger partial charge in [-0.3, -0.25) is 4.79 Å². The third kappa shape index (κ3) is 2.03. The summed E-state index contributed by atoms with van der Waals surface area (Å²) in [4.78, 5) is 25.9. The average Bonchev–Trinajstić information content (AvgIpc) is 3.13.